The van der Waals surface area contributed by atoms with Gasteiger partial charge in [0, 0.05) is 51.7 Å². The van der Waals surface area contributed by atoms with Gasteiger partial charge in [-0.2, -0.15) is 0 Å². The second kappa shape index (κ2) is 5.54. The van der Waals surface area contributed by atoms with E-state index in [2.05, 4.69) is 34.9 Å². The molecule has 1 amide bonds. The molecule has 0 radical (unpaired) electrons. The monoisotopic (exact) mass is 250 g/mol. The van der Waals surface area contributed by atoms with Crippen LogP contribution in [-0.2, 0) is 11.8 Å². The molecule has 2 heterocycles. The Labute approximate surface area is 108 Å². The lowest BCUT2D eigenvalue weighted by Gasteiger charge is -2.37. The Hall–Kier alpha value is -1.33. The highest BCUT2D eigenvalue weighted by molar-refractivity contribution is 5.78. The fourth-order valence-electron chi connectivity index (χ4n) is 2.47. The summed E-state index contributed by atoms with van der Waals surface area (Å²) in [6.45, 7) is 5.74. The van der Waals surface area contributed by atoms with Crippen LogP contribution in [-0.4, -0.2) is 53.0 Å². The van der Waals surface area contributed by atoms with Gasteiger partial charge in [-0.3, -0.25) is 9.69 Å². The van der Waals surface area contributed by atoms with E-state index in [1.807, 2.05) is 11.9 Å². The van der Waals surface area contributed by atoms with E-state index in [9.17, 15) is 4.79 Å². The molecular weight excluding hydrogens is 228 g/mol. The van der Waals surface area contributed by atoms with Gasteiger partial charge in [0.2, 0.25) is 5.91 Å². The minimum atomic E-state index is 0.0574. The number of piperazine rings is 1. The predicted octanol–water partition coefficient (Wildman–Crippen LogP) is 0.189. The van der Waals surface area contributed by atoms with Crippen molar-refractivity contribution in [3.63, 3.8) is 0 Å². The SMILES string of the molecule is CC(c1ccn(C)c1)N1CCN(C(=O)CN)CC1. The van der Waals surface area contributed by atoms with E-state index in [-0.39, 0.29) is 12.5 Å². The maximum absolute atomic E-state index is 11.5. The Morgan fingerprint density at radius 1 is 1.39 bits per heavy atom. The molecule has 1 unspecified atom stereocenters. The third kappa shape index (κ3) is 2.73. The zero-order chi connectivity index (χ0) is 13.1. The molecule has 1 aliphatic rings. The largest absolute Gasteiger partial charge is 0.357 e. The van der Waals surface area contributed by atoms with Crippen LogP contribution >= 0.6 is 0 Å². The van der Waals surface area contributed by atoms with E-state index < -0.39 is 0 Å². The van der Waals surface area contributed by atoms with Crippen molar-refractivity contribution in [2.45, 2.75) is 13.0 Å². The molecule has 18 heavy (non-hydrogen) atoms. The first-order chi connectivity index (χ1) is 8.61. The summed E-state index contributed by atoms with van der Waals surface area (Å²) in [6, 6.07) is 2.56. The quantitative estimate of drug-likeness (QED) is 0.833. The third-order valence-corrected chi connectivity index (χ3v) is 3.73. The molecule has 0 aromatic carbocycles. The summed E-state index contributed by atoms with van der Waals surface area (Å²) in [5.74, 6) is 0.0574. The minimum absolute atomic E-state index is 0.0574. The molecule has 1 aliphatic heterocycles. The molecule has 5 heteroatoms. The average Bonchev–Trinajstić information content (AvgIpc) is 2.84. The Morgan fingerprint density at radius 2 is 2.06 bits per heavy atom. The van der Waals surface area contributed by atoms with E-state index >= 15 is 0 Å². The van der Waals surface area contributed by atoms with Gasteiger partial charge < -0.3 is 15.2 Å². The van der Waals surface area contributed by atoms with Gasteiger partial charge in [0.15, 0.2) is 0 Å². The molecule has 1 aromatic heterocycles. The normalized spacial score (nSPS) is 18.9. The van der Waals surface area contributed by atoms with Gasteiger partial charge in [0.1, 0.15) is 0 Å². The van der Waals surface area contributed by atoms with Crippen LogP contribution in [0, 0.1) is 0 Å². The van der Waals surface area contributed by atoms with Gasteiger partial charge in [-0.05, 0) is 18.6 Å². The number of carbonyl (C=O) groups is 1. The number of nitrogens with zero attached hydrogens (tertiary/aromatic N) is 3. The number of carbonyl (C=O) groups excluding carboxylic acids is 1. The number of amides is 1. The van der Waals surface area contributed by atoms with E-state index in [0.29, 0.717) is 6.04 Å². The van der Waals surface area contributed by atoms with E-state index in [0.717, 1.165) is 26.2 Å². The number of hydrogen-bond donors (Lipinski definition) is 1. The molecule has 1 atom stereocenters. The molecule has 0 spiro atoms. The first-order valence-corrected chi connectivity index (χ1v) is 6.45. The molecule has 2 N–H and O–H groups in total. The molecule has 1 aromatic rings. The van der Waals surface area contributed by atoms with Gasteiger partial charge in [-0.1, -0.05) is 0 Å². The Bertz CT molecular complexity index is 407. The number of rotatable bonds is 3. The van der Waals surface area contributed by atoms with Gasteiger partial charge in [0.25, 0.3) is 0 Å². The highest BCUT2D eigenvalue weighted by Gasteiger charge is 2.24. The van der Waals surface area contributed by atoms with Crippen LogP contribution in [0.15, 0.2) is 18.5 Å². The first-order valence-electron chi connectivity index (χ1n) is 6.45. The molecule has 100 valence electrons. The maximum atomic E-state index is 11.5. The van der Waals surface area contributed by atoms with Crippen molar-refractivity contribution < 1.29 is 4.79 Å². The summed E-state index contributed by atoms with van der Waals surface area (Å²) in [6.07, 6.45) is 4.22. The summed E-state index contributed by atoms with van der Waals surface area (Å²) in [5.41, 5.74) is 6.71. The number of aryl methyl sites for hydroxylation is 1. The van der Waals surface area contributed by atoms with Gasteiger partial charge in [-0.25, -0.2) is 0 Å². The number of nitrogens with two attached hydrogens (primary N) is 1. The second-order valence-corrected chi connectivity index (χ2v) is 4.91. The topological polar surface area (TPSA) is 54.5 Å². The molecule has 5 nitrogen and oxygen atoms in total. The summed E-state index contributed by atoms with van der Waals surface area (Å²) < 4.78 is 2.07. The van der Waals surface area contributed by atoms with E-state index in [1.54, 1.807) is 0 Å². The third-order valence-electron chi connectivity index (χ3n) is 3.73. The van der Waals surface area contributed by atoms with Crippen molar-refractivity contribution >= 4 is 5.91 Å². The van der Waals surface area contributed by atoms with Crippen molar-refractivity contribution in [2.75, 3.05) is 32.7 Å². The van der Waals surface area contributed by atoms with Crippen molar-refractivity contribution in [3.8, 4) is 0 Å². The summed E-state index contributed by atoms with van der Waals surface area (Å²) >= 11 is 0. The second-order valence-electron chi connectivity index (χ2n) is 4.91. The molecule has 0 aliphatic carbocycles. The first kappa shape index (κ1) is 13.1. The molecule has 0 saturated carbocycles. The van der Waals surface area contributed by atoms with Crippen molar-refractivity contribution in [3.05, 3.63) is 24.0 Å². The smallest absolute Gasteiger partial charge is 0.236 e. The lowest BCUT2D eigenvalue weighted by Crippen LogP contribution is -2.50. The lowest BCUT2D eigenvalue weighted by atomic mass is 10.1. The Morgan fingerprint density at radius 3 is 2.56 bits per heavy atom. The van der Waals surface area contributed by atoms with Crippen molar-refractivity contribution in [1.29, 1.82) is 0 Å². The predicted molar refractivity (Wildman–Crippen MR) is 71.0 cm³/mol. The van der Waals surface area contributed by atoms with Crippen LogP contribution < -0.4 is 5.73 Å². The zero-order valence-corrected chi connectivity index (χ0v) is 11.2. The number of aromatic nitrogens is 1. The van der Waals surface area contributed by atoms with Crippen LogP contribution in [0.2, 0.25) is 0 Å². The Kier molecular flexibility index (Phi) is 4.04. The molecular formula is C13H22N4O. The highest BCUT2D eigenvalue weighted by Crippen LogP contribution is 2.21. The minimum Gasteiger partial charge on any atom is -0.357 e. The Balaban J connectivity index is 1.91. The highest BCUT2D eigenvalue weighted by atomic mass is 16.2. The maximum Gasteiger partial charge on any atom is 0.236 e. The fraction of sp³-hybridized carbons (Fsp3) is 0.615. The molecule has 0 bridgehead atoms. The molecule has 2 rings (SSSR count). The van der Waals surface area contributed by atoms with Crippen LogP contribution in [0.3, 0.4) is 0 Å². The summed E-state index contributed by atoms with van der Waals surface area (Å²) in [5, 5.41) is 0. The van der Waals surface area contributed by atoms with Crippen molar-refractivity contribution in [1.82, 2.24) is 14.4 Å². The van der Waals surface area contributed by atoms with Crippen LogP contribution in [0.1, 0.15) is 18.5 Å². The van der Waals surface area contributed by atoms with Gasteiger partial charge in [0.05, 0.1) is 6.54 Å². The van der Waals surface area contributed by atoms with Crippen LogP contribution in [0.25, 0.3) is 0 Å². The van der Waals surface area contributed by atoms with E-state index in [1.165, 1.54) is 5.56 Å². The fourth-order valence-corrected chi connectivity index (χ4v) is 2.47. The summed E-state index contributed by atoms with van der Waals surface area (Å²) in [4.78, 5) is 15.8. The lowest BCUT2D eigenvalue weighted by molar-refractivity contribution is -0.131. The molecule has 1 fully saturated rings. The van der Waals surface area contributed by atoms with E-state index in [4.69, 9.17) is 5.73 Å². The standard InChI is InChI=1S/C13H22N4O/c1-11(12-3-4-15(2)10-12)16-5-7-17(8-6-16)13(18)9-14/h3-4,10-11H,5-9,14H2,1-2H3. The average molecular weight is 250 g/mol. The van der Waals surface area contributed by atoms with Gasteiger partial charge in [-0.15, -0.1) is 0 Å². The zero-order valence-electron chi connectivity index (χ0n) is 11.2. The van der Waals surface area contributed by atoms with Gasteiger partial charge >= 0.3 is 0 Å². The number of hydrogen-bond acceptors (Lipinski definition) is 3. The van der Waals surface area contributed by atoms with Crippen molar-refractivity contribution in [2.24, 2.45) is 12.8 Å². The summed E-state index contributed by atoms with van der Waals surface area (Å²) in [7, 11) is 2.04. The molecule has 1 saturated heterocycles. The van der Waals surface area contributed by atoms with Crippen LogP contribution in [0.5, 0.6) is 0 Å². The van der Waals surface area contributed by atoms with Crippen LogP contribution in [0.4, 0.5) is 0 Å².